The molecule has 0 N–H and O–H groups in total. The van der Waals surface area contributed by atoms with Crippen LogP contribution in [0, 0.1) is 0 Å². The standard InChI is InChI=1S/C23H28F3N.C22H26F3N/c1-2-3-4-5-17-6-8-18(9-7-17)19-10-12-20(13-11-19)21-14-15-22(27-16-21)23(24,25)26;1-2-3-4-16-5-7-17(8-6-16)18-9-11-19(12-10-18)20-13-14-21(26-15-20)22(23,24)25/h6-9,14-16,19-20H,2-5,10-13H2,1H3;5-8,13-15,18-19H,2-4,9-12H2,1H3. The van der Waals surface area contributed by atoms with Gasteiger partial charge in [-0.25, -0.2) is 0 Å². The van der Waals surface area contributed by atoms with E-state index in [1.54, 1.807) is 12.1 Å². The number of rotatable bonds is 11. The summed E-state index contributed by atoms with van der Waals surface area (Å²) in [5, 5.41) is 0. The average molecular weight is 737 g/mol. The molecule has 53 heavy (non-hydrogen) atoms. The molecule has 2 nitrogen and oxygen atoms in total. The number of aromatic nitrogens is 2. The monoisotopic (exact) mass is 736 g/mol. The second-order valence-corrected chi connectivity index (χ2v) is 15.1. The van der Waals surface area contributed by atoms with Gasteiger partial charge in [-0.2, -0.15) is 26.3 Å². The van der Waals surface area contributed by atoms with Gasteiger partial charge in [0.25, 0.3) is 0 Å². The van der Waals surface area contributed by atoms with Gasteiger partial charge in [-0.1, -0.05) is 93.8 Å². The highest BCUT2D eigenvalue weighted by atomic mass is 19.4. The third kappa shape index (κ3) is 11.9. The number of hydrogen-bond donors (Lipinski definition) is 0. The van der Waals surface area contributed by atoms with Crippen molar-refractivity contribution in [3.63, 3.8) is 0 Å². The van der Waals surface area contributed by atoms with E-state index in [-0.39, 0.29) is 0 Å². The number of hydrogen-bond acceptors (Lipinski definition) is 2. The van der Waals surface area contributed by atoms with Crippen molar-refractivity contribution in [3.05, 3.63) is 130 Å². The molecular weight excluding hydrogens is 682 g/mol. The number of benzene rings is 2. The van der Waals surface area contributed by atoms with Crippen LogP contribution in [0.1, 0.15) is 166 Å². The summed E-state index contributed by atoms with van der Waals surface area (Å²) in [6, 6.07) is 23.5. The first-order valence-electron chi connectivity index (χ1n) is 19.7. The summed E-state index contributed by atoms with van der Waals surface area (Å²) in [5.41, 5.74) is 5.88. The van der Waals surface area contributed by atoms with Crippen LogP contribution in [0.15, 0.2) is 85.2 Å². The molecule has 0 aliphatic heterocycles. The van der Waals surface area contributed by atoms with Gasteiger partial charge < -0.3 is 0 Å². The maximum absolute atomic E-state index is 12.7. The Hall–Kier alpha value is -3.68. The molecule has 286 valence electrons. The summed E-state index contributed by atoms with van der Waals surface area (Å²) in [7, 11) is 0. The first-order valence-corrected chi connectivity index (χ1v) is 19.7. The highest BCUT2D eigenvalue weighted by Gasteiger charge is 2.34. The summed E-state index contributed by atoms with van der Waals surface area (Å²) >= 11 is 0. The van der Waals surface area contributed by atoms with E-state index in [9.17, 15) is 26.3 Å². The molecule has 0 bridgehead atoms. The van der Waals surface area contributed by atoms with Crippen LogP contribution in [0.25, 0.3) is 0 Å². The Morgan fingerprint density at radius 3 is 1.06 bits per heavy atom. The molecule has 0 saturated heterocycles. The molecule has 4 aromatic rings. The first kappa shape index (κ1) is 40.5. The van der Waals surface area contributed by atoms with Crippen LogP contribution in [-0.2, 0) is 25.2 Å². The third-order valence-corrected chi connectivity index (χ3v) is 11.3. The van der Waals surface area contributed by atoms with E-state index < -0.39 is 23.7 Å². The quantitative estimate of drug-likeness (QED) is 0.113. The number of nitrogens with zero attached hydrogens (tertiary/aromatic N) is 2. The van der Waals surface area contributed by atoms with Crippen LogP contribution in [0.2, 0.25) is 0 Å². The maximum atomic E-state index is 12.7. The Bertz CT molecular complexity index is 1630. The van der Waals surface area contributed by atoms with Gasteiger partial charge in [0.15, 0.2) is 0 Å². The van der Waals surface area contributed by atoms with Crippen molar-refractivity contribution in [1.82, 2.24) is 9.97 Å². The van der Waals surface area contributed by atoms with E-state index in [1.165, 1.54) is 66.8 Å². The average Bonchev–Trinajstić information content (AvgIpc) is 3.17. The molecule has 2 aliphatic rings. The van der Waals surface area contributed by atoms with Gasteiger partial charge in [-0.15, -0.1) is 0 Å². The summed E-state index contributed by atoms with van der Waals surface area (Å²) < 4.78 is 75.9. The first-order chi connectivity index (χ1) is 25.4. The molecule has 8 heteroatoms. The Balaban J connectivity index is 0.000000204. The van der Waals surface area contributed by atoms with Crippen molar-refractivity contribution < 1.29 is 26.3 Å². The molecule has 2 fully saturated rings. The summed E-state index contributed by atoms with van der Waals surface area (Å²) in [6.07, 6.45) is 11.0. The van der Waals surface area contributed by atoms with Crippen LogP contribution >= 0.6 is 0 Å². The maximum Gasteiger partial charge on any atom is 0.433 e. The van der Waals surface area contributed by atoms with Gasteiger partial charge in [0.2, 0.25) is 0 Å². The van der Waals surface area contributed by atoms with Gasteiger partial charge in [0.1, 0.15) is 11.4 Å². The SMILES string of the molecule is CCCCCc1ccc(C2CCC(c3ccc(C(F)(F)F)nc3)CC2)cc1.CCCCc1ccc(C2CCC(c3ccc(C(F)(F)F)nc3)CC2)cc1. The molecule has 0 radical (unpaired) electrons. The predicted molar refractivity (Wildman–Crippen MR) is 201 cm³/mol. The normalized spacial score (nSPS) is 20.8. The Kier molecular flexibility index (Phi) is 14.6. The second kappa shape index (κ2) is 19.1. The summed E-state index contributed by atoms with van der Waals surface area (Å²) in [4.78, 5) is 7.23. The van der Waals surface area contributed by atoms with Crippen LogP contribution in [-0.4, -0.2) is 9.97 Å². The predicted octanol–water partition coefficient (Wildman–Crippen LogP) is 14.2. The number of unbranched alkanes of at least 4 members (excludes halogenated alkanes) is 3. The minimum atomic E-state index is -4.36. The topological polar surface area (TPSA) is 25.8 Å². The summed E-state index contributed by atoms with van der Waals surface area (Å²) in [6.45, 7) is 4.43. The van der Waals surface area contributed by atoms with Gasteiger partial charge in [-0.3, -0.25) is 9.97 Å². The zero-order valence-corrected chi connectivity index (χ0v) is 31.2. The molecular formula is C45H54F6N2. The van der Waals surface area contributed by atoms with Crippen molar-refractivity contribution in [1.29, 1.82) is 0 Å². The molecule has 0 unspecified atom stereocenters. The molecule has 0 amide bonds. The van der Waals surface area contributed by atoms with Crippen LogP contribution in [0.4, 0.5) is 26.3 Å². The summed E-state index contributed by atoms with van der Waals surface area (Å²) in [5.74, 6) is 1.77. The molecule has 2 aliphatic carbocycles. The van der Waals surface area contributed by atoms with E-state index in [4.69, 9.17) is 0 Å². The van der Waals surface area contributed by atoms with Crippen LogP contribution < -0.4 is 0 Å². The number of aryl methyl sites for hydroxylation is 2. The van der Waals surface area contributed by atoms with Crippen LogP contribution in [0.5, 0.6) is 0 Å². The van der Waals surface area contributed by atoms with Crippen molar-refractivity contribution in [2.24, 2.45) is 0 Å². The van der Waals surface area contributed by atoms with E-state index >= 15 is 0 Å². The Labute approximate surface area is 311 Å². The Morgan fingerprint density at radius 2 is 0.755 bits per heavy atom. The van der Waals surface area contributed by atoms with Crippen molar-refractivity contribution in [3.8, 4) is 0 Å². The molecule has 0 atom stereocenters. The van der Waals surface area contributed by atoms with Crippen molar-refractivity contribution in [2.45, 2.75) is 146 Å². The van der Waals surface area contributed by atoms with E-state index in [2.05, 4.69) is 72.3 Å². The van der Waals surface area contributed by atoms with Crippen molar-refractivity contribution in [2.75, 3.05) is 0 Å². The lowest BCUT2D eigenvalue weighted by molar-refractivity contribution is -0.142. The fourth-order valence-electron chi connectivity index (χ4n) is 8.02. The second-order valence-electron chi connectivity index (χ2n) is 15.1. The van der Waals surface area contributed by atoms with E-state index in [0.717, 1.165) is 87.5 Å². The molecule has 2 aromatic carbocycles. The third-order valence-electron chi connectivity index (χ3n) is 11.3. The lowest BCUT2D eigenvalue weighted by Gasteiger charge is -2.29. The lowest BCUT2D eigenvalue weighted by atomic mass is 9.76. The van der Waals surface area contributed by atoms with Gasteiger partial charge in [-0.05, 0) is 146 Å². The van der Waals surface area contributed by atoms with Gasteiger partial charge >= 0.3 is 12.4 Å². The fourth-order valence-corrected chi connectivity index (χ4v) is 8.02. The Morgan fingerprint density at radius 1 is 0.434 bits per heavy atom. The molecule has 0 spiro atoms. The smallest absolute Gasteiger partial charge is 0.251 e. The van der Waals surface area contributed by atoms with E-state index in [1.807, 2.05) is 0 Å². The zero-order valence-electron chi connectivity index (χ0n) is 31.2. The van der Waals surface area contributed by atoms with Crippen LogP contribution in [0.3, 0.4) is 0 Å². The van der Waals surface area contributed by atoms with Gasteiger partial charge in [0.05, 0.1) is 0 Å². The molecule has 2 aromatic heterocycles. The lowest BCUT2D eigenvalue weighted by Crippen LogP contribution is -2.13. The minimum Gasteiger partial charge on any atom is -0.251 e. The highest BCUT2D eigenvalue weighted by molar-refractivity contribution is 5.29. The largest absolute Gasteiger partial charge is 0.433 e. The number of pyridine rings is 2. The number of halogens is 6. The van der Waals surface area contributed by atoms with Crippen molar-refractivity contribution >= 4 is 0 Å². The molecule has 2 heterocycles. The fraction of sp³-hybridized carbons (Fsp3) is 0.511. The molecule has 6 rings (SSSR count). The highest BCUT2D eigenvalue weighted by Crippen LogP contribution is 2.42. The van der Waals surface area contributed by atoms with E-state index in [0.29, 0.717) is 23.7 Å². The number of alkyl halides is 6. The minimum absolute atomic E-state index is 0.323. The molecule has 2 saturated carbocycles. The van der Waals surface area contributed by atoms with Gasteiger partial charge in [0, 0.05) is 12.4 Å². The zero-order chi connectivity index (χ0) is 37.8.